The van der Waals surface area contributed by atoms with Crippen LogP contribution in [0.5, 0.6) is 0 Å². The molecule has 1 N–H and O–H groups in total. The van der Waals surface area contributed by atoms with Crippen LogP contribution in [0, 0.1) is 0 Å². The lowest BCUT2D eigenvalue weighted by Gasteiger charge is -2.26. The lowest BCUT2D eigenvalue weighted by atomic mass is 10.1. The van der Waals surface area contributed by atoms with E-state index >= 15 is 0 Å². The van der Waals surface area contributed by atoms with Crippen molar-refractivity contribution < 1.29 is 14.3 Å². The van der Waals surface area contributed by atoms with Crippen LogP contribution in [0.2, 0.25) is 0 Å². The number of benzene rings is 2. The van der Waals surface area contributed by atoms with E-state index in [1.54, 1.807) is 26.4 Å². The number of methoxy groups -OCH3 is 2. The summed E-state index contributed by atoms with van der Waals surface area (Å²) in [6, 6.07) is 18.3. The molecule has 2 rings (SSSR count). The molecule has 4 heteroatoms. The summed E-state index contributed by atoms with van der Waals surface area (Å²) in [4.78, 5) is 12.3. The van der Waals surface area contributed by atoms with Crippen LogP contribution in [0.25, 0.3) is 0 Å². The molecule has 0 unspecified atom stereocenters. The number of amides is 1. The van der Waals surface area contributed by atoms with Gasteiger partial charge in [-0.15, -0.1) is 0 Å². The Hall–Kier alpha value is -2.17. The van der Waals surface area contributed by atoms with Gasteiger partial charge in [-0.2, -0.15) is 0 Å². The summed E-state index contributed by atoms with van der Waals surface area (Å²) in [6.45, 7) is 0. The summed E-state index contributed by atoms with van der Waals surface area (Å²) in [7, 11) is 3.11. The van der Waals surface area contributed by atoms with Crippen molar-refractivity contribution in [3.63, 3.8) is 0 Å². The summed E-state index contributed by atoms with van der Waals surface area (Å²) >= 11 is 0. The highest BCUT2D eigenvalue weighted by Crippen LogP contribution is 2.20. The zero-order valence-electron chi connectivity index (χ0n) is 12.2. The van der Waals surface area contributed by atoms with Gasteiger partial charge in [-0.3, -0.25) is 4.79 Å². The Kier molecular flexibility index (Phi) is 5.49. The van der Waals surface area contributed by atoms with Crippen LogP contribution < -0.4 is 5.32 Å². The van der Waals surface area contributed by atoms with Gasteiger partial charge in [0.15, 0.2) is 6.29 Å². The van der Waals surface area contributed by atoms with Gasteiger partial charge in [-0.1, -0.05) is 48.5 Å². The Morgan fingerprint density at radius 2 is 1.43 bits per heavy atom. The lowest BCUT2D eigenvalue weighted by Crippen LogP contribution is -2.38. The number of carbonyl (C=O) groups excluding carboxylic acids is 1. The second-order valence-electron chi connectivity index (χ2n) is 4.57. The fraction of sp³-hybridized carbons (Fsp3) is 0.235. The van der Waals surface area contributed by atoms with Crippen LogP contribution in [0.3, 0.4) is 0 Å². The van der Waals surface area contributed by atoms with E-state index < -0.39 is 6.29 Å². The molecule has 1 amide bonds. The second kappa shape index (κ2) is 7.57. The highest BCUT2D eigenvalue weighted by atomic mass is 16.7. The van der Waals surface area contributed by atoms with Crippen molar-refractivity contribution in [2.45, 2.75) is 12.3 Å². The minimum atomic E-state index is -0.555. The number of nitrogens with one attached hydrogen (secondary N) is 1. The highest BCUT2D eigenvalue weighted by Gasteiger charge is 2.25. The van der Waals surface area contributed by atoms with E-state index in [0.29, 0.717) is 5.56 Å². The van der Waals surface area contributed by atoms with Crippen molar-refractivity contribution in [2.24, 2.45) is 0 Å². The molecule has 0 aliphatic rings. The van der Waals surface area contributed by atoms with E-state index in [4.69, 9.17) is 9.47 Å². The van der Waals surface area contributed by atoms with Crippen molar-refractivity contribution in [3.8, 4) is 0 Å². The molecule has 21 heavy (non-hydrogen) atoms. The molecule has 0 bridgehead atoms. The highest BCUT2D eigenvalue weighted by molar-refractivity contribution is 5.94. The predicted octanol–water partition coefficient (Wildman–Crippen LogP) is 2.78. The second-order valence-corrected chi connectivity index (χ2v) is 4.57. The maximum Gasteiger partial charge on any atom is 0.251 e. The molecule has 2 aromatic rings. The predicted molar refractivity (Wildman–Crippen MR) is 80.9 cm³/mol. The molecule has 0 saturated heterocycles. The molecule has 0 aliphatic heterocycles. The smallest absolute Gasteiger partial charge is 0.251 e. The number of hydrogen-bond donors (Lipinski definition) is 1. The maximum absolute atomic E-state index is 12.3. The van der Waals surface area contributed by atoms with E-state index in [1.165, 1.54) is 0 Å². The van der Waals surface area contributed by atoms with E-state index in [-0.39, 0.29) is 11.9 Å². The van der Waals surface area contributed by atoms with Crippen molar-refractivity contribution in [1.82, 2.24) is 5.32 Å². The third-order valence-electron chi connectivity index (χ3n) is 3.22. The standard InChI is InChI=1S/C17H19NO3/c1-20-17(21-2)15(13-9-5-3-6-10-13)18-16(19)14-11-7-4-8-12-14/h3-12,15,17H,1-2H3,(H,18,19)/t15-/m0/s1. The normalized spacial score (nSPS) is 12.1. The van der Waals surface area contributed by atoms with Crippen molar-refractivity contribution >= 4 is 5.91 Å². The Morgan fingerprint density at radius 3 is 1.95 bits per heavy atom. The largest absolute Gasteiger partial charge is 0.353 e. The van der Waals surface area contributed by atoms with Gasteiger partial charge >= 0.3 is 0 Å². The minimum Gasteiger partial charge on any atom is -0.353 e. The molecule has 4 nitrogen and oxygen atoms in total. The fourth-order valence-corrected chi connectivity index (χ4v) is 2.15. The van der Waals surface area contributed by atoms with Crippen LogP contribution in [-0.4, -0.2) is 26.4 Å². The monoisotopic (exact) mass is 285 g/mol. The molecule has 110 valence electrons. The first-order valence-electron chi connectivity index (χ1n) is 6.72. The van der Waals surface area contributed by atoms with E-state index in [2.05, 4.69) is 5.32 Å². The van der Waals surface area contributed by atoms with Gasteiger partial charge in [-0.25, -0.2) is 0 Å². The average molecular weight is 285 g/mol. The summed E-state index contributed by atoms with van der Waals surface area (Å²) in [5.41, 5.74) is 1.53. The SMILES string of the molecule is COC(OC)[C@@H](NC(=O)c1ccccc1)c1ccccc1. The number of carbonyl (C=O) groups is 1. The molecule has 0 fully saturated rings. The maximum atomic E-state index is 12.3. The van der Waals surface area contributed by atoms with E-state index in [0.717, 1.165) is 5.56 Å². The van der Waals surface area contributed by atoms with Gasteiger partial charge in [0.1, 0.15) is 6.04 Å². The molecule has 0 aliphatic carbocycles. The van der Waals surface area contributed by atoms with Gasteiger partial charge in [0.25, 0.3) is 5.91 Å². The van der Waals surface area contributed by atoms with Crippen LogP contribution in [0.4, 0.5) is 0 Å². The number of ether oxygens (including phenoxy) is 2. The Labute approximate surface area is 124 Å². The average Bonchev–Trinajstić information content (AvgIpc) is 2.56. The van der Waals surface area contributed by atoms with E-state index in [9.17, 15) is 4.79 Å². The summed E-state index contributed by atoms with van der Waals surface area (Å²) < 4.78 is 10.6. The molecular formula is C17H19NO3. The van der Waals surface area contributed by atoms with Crippen LogP contribution in [-0.2, 0) is 9.47 Å². The van der Waals surface area contributed by atoms with Crippen LogP contribution in [0.1, 0.15) is 22.0 Å². The number of hydrogen-bond acceptors (Lipinski definition) is 3. The zero-order chi connectivity index (χ0) is 15.1. The summed E-state index contributed by atoms with van der Waals surface area (Å²) in [5, 5.41) is 2.96. The van der Waals surface area contributed by atoms with Crippen LogP contribution in [0.15, 0.2) is 60.7 Å². The number of rotatable bonds is 6. The van der Waals surface area contributed by atoms with E-state index in [1.807, 2.05) is 48.5 Å². The zero-order valence-corrected chi connectivity index (χ0v) is 12.2. The van der Waals surface area contributed by atoms with Gasteiger partial charge in [0.2, 0.25) is 0 Å². The van der Waals surface area contributed by atoms with Crippen molar-refractivity contribution in [2.75, 3.05) is 14.2 Å². The molecule has 1 atom stereocenters. The topological polar surface area (TPSA) is 47.6 Å². The summed E-state index contributed by atoms with van der Waals surface area (Å²) in [5.74, 6) is -0.163. The third kappa shape index (κ3) is 3.90. The van der Waals surface area contributed by atoms with Gasteiger partial charge in [-0.05, 0) is 17.7 Å². The minimum absolute atomic E-state index is 0.163. The Morgan fingerprint density at radius 1 is 0.905 bits per heavy atom. The van der Waals surface area contributed by atoms with Gasteiger partial charge < -0.3 is 14.8 Å². The first-order valence-corrected chi connectivity index (χ1v) is 6.72. The van der Waals surface area contributed by atoms with Crippen molar-refractivity contribution in [3.05, 3.63) is 71.8 Å². The third-order valence-corrected chi connectivity index (χ3v) is 3.22. The van der Waals surface area contributed by atoms with Gasteiger partial charge in [0, 0.05) is 19.8 Å². The van der Waals surface area contributed by atoms with Gasteiger partial charge in [0.05, 0.1) is 0 Å². The Bertz CT molecular complexity index is 553. The molecule has 0 heterocycles. The molecule has 0 spiro atoms. The molecule has 0 saturated carbocycles. The van der Waals surface area contributed by atoms with Crippen LogP contribution >= 0.6 is 0 Å². The molecule has 0 aromatic heterocycles. The molecule has 2 aromatic carbocycles. The first-order chi connectivity index (χ1) is 10.3. The fourth-order valence-electron chi connectivity index (χ4n) is 2.15. The summed E-state index contributed by atoms with van der Waals surface area (Å²) in [6.07, 6.45) is -0.555. The molecular weight excluding hydrogens is 266 g/mol. The lowest BCUT2D eigenvalue weighted by molar-refractivity contribution is -0.122. The molecule has 0 radical (unpaired) electrons. The Balaban J connectivity index is 2.22. The first kappa shape index (κ1) is 15.2. The quantitative estimate of drug-likeness (QED) is 0.830. The van der Waals surface area contributed by atoms with Crippen molar-refractivity contribution in [1.29, 1.82) is 0 Å².